The minimum atomic E-state index is -0.804. The minimum absolute atomic E-state index is 0.0711. The average Bonchev–Trinajstić information content (AvgIpc) is 2.65. The quantitative estimate of drug-likeness (QED) is 0.440. The highest BCUT2D eigenvalue weighted by atomic mass is 35.5. The number of hydrogen-bond donors (Lipinski definition) is 2. The van der Waals surface area contributed by atoms with Crippen molar-refractivity contribution in [1.82, 2.24) is 9.91 Å². The molecule has 1 heterocycles. The number of benzene rings is 2. The molecular formula is C20H23ClN4O3. The molecule has 7 nitrogen and oxygen atoms in total. The number of amides is 2. The van der Waals surface area contributed by atoms with Crippen LogP contribution in [0.25, 0.3) is 0 Å². The molecule has 0 spiro atoms. The first-order valence-electron chi connectivity index (χ1n) is 8.97. The Kier molecular flexibility index (Phi) is 6.06. The molecular weight excluding hydrogens is 380 g/mol. The minimum Gasteiger partial charge on any atom is -0.491 e. The molecule has 148 valence electrons. The molecule has 0 saturated carbocycles. The Balaban J connectivity index is 1.80. The van der Waals surface area contributed by atoms with Crippen molar-refractivity contribution in [3.63, 3.8) is 0 Å². The van der Waals surface area contributed by atoms with Crippen LogP contribution in [-0.4, -0.2) is 34.1 Å². The number of halogens is 1. The number of nitrogens with zero attached hydrogens (tertiary/aromatic N) is 2. The lowest BCUT2D eigenvalue weighted by Gasteiger charge is -2.41. The summed E-state index contributed by atoms with van der Waals surface area (Å²) in [6, 6.07) is 14.5. The van der Waals surface area contributed by atoms with Crippen molar-refractivity contribution in [2.24, 2.45) is 5.84 Å². The van der Waals surface area contributed by atoms with Crippen LogP contribution in [0.5, 0.6) is 5.75 Å². The summed E-state index contributed by atoms with van der Waals surface area (Å²) in [4.78, 5) is 26.2. The van der Waals surface area contributed by atoms with Crippen LogP contribution in [0.1, 0.15) is 25.8 Å². The first-order valence-corrected chi connectivity index (χ1v) is 9.35. The summed E-state index contributed by atoms with van der Waals surface area (Å²) in [6.45, 7) is 4.20. The molecule has 0 bridgehead atoms. The second kappa shape index (κ2) is 8.50. The third-order valence-corrected chi connectivity index (χ3v) is 4.51. The first-order chi connectivity index (χ1) is 13.3. The van der Waals surface area contributed by atoms with Crippen molar-refractivity contribution >= 4 is 29.1 Å². The number of anilines is 1. The van der Waals surface area contributed by atoms with Crippen molar-refractivity contribution in [3.05, 3.63) is 59.1 Å². The highest BCUT2D eigenvalue weighted by Crippen LogP contribution is 2.23. The first kappa shape index (κ1) is 20.0. The van der Waals surface area contributed by atoms with E-state index < -0.39 is 12.2 Å². The van der Waals surface area contributed by atoms with Gasteiger partial charge in [-0.3, -0.25) is 14.5 Å². The summed E-state index contributed by atoms with van der Waals surface area (Å²) in [5.74, 6) is 5.99. The smallest absolute Gasteiger partial charge is 0.249 e. The predicted octanol–water partition coefficient (Wildman–Crippen LogP) is 2.96. The van der Waals surface area contributed by atoms with Gasteiger partial charge in [-0.25, -0.2) is 10.9 Å². The SMILES string of the molecule is CC(C)Oc1ccc(NC2N(N)C(=O)CC(=O)N2Cc2ccc(Cl)cc2)cc1. The fourth-order valence-electron chi connectivity index (χ4n) is 2.90. The van der Waals surface area contributed by atoms with Crippen LogP contribution >= 0.6 is 11.6 Å². The number of hydrazine groups is 1. The number of carbonyl (C=O) groups is 2. The molecule has 1 saturated heterocycles. The van der Waals surface area contributed by atoms with Gasteiger partial charge in [0.1, 0.15) is 12.2 Å². The van der Waals surface area contributed by atoms with E-state index in [9.17, 15) is 9.59 Å². The monoisotopic (exact) mass is 402 g/mol. The second-order valence-electron chi connectivity index (χ2n) is 6.83. The third kappa shape index (κ3) is 4.74. The van der Waals surface area contributed by atoms with Crippen LogP contribution in [0.4, 0.5) is 5.69 Å². The molecule has 1 atom stereocenters. The van der Waals surface area contributed by atoms with Crippen LogP contribution in [-0.2, 0) is 16.1 Å². The Morgan fingerprint density at radius 2 is 1.75 bits per heavy atom. The molecule has 1 unspecified atom stereocenters. The summed E-state index contributed by atoms with van der Waals surface area (Å²) in [6.07, 6.45) is -0.994. The highest BCUT2D eigenvalue weighted by molar-refractivity contribution is 6.30. The number of hydrogen-bond acceptors (Lipinski definition) is 5. The van der Waals surface area contributed by atoms with E-state index in [4.69, 9.17) is 22.2 Å². The number of rotatable bonds is 6. The van der Waals surface area contributed by atoms with Crippen LogP contribution in [0, 0.1) is 0 Å². The summed E-state index contributed by atoms with van der Waals surface area (Å²) in [5, 5.41) is 4.82. The fraction of sp³-hybridized carbons (Fsp3) is 0.300. The van der Waals surface area contributed by atoms with Gasteiger partial charge < -0.3 is 10.1 Å². The van der Waals surface area contributed by atoms with Crippen molar-refractivity contribution < 1.29 is 14.3 Å². The van der Waals surface area contributed by atoms with Crippen molar-refractivity contribution in [3.8, 4) is 5.75 Å². The molecule has 0 aromatic heterocycles. The summed E-state index contributed by atoms with van der Waals surface area (Å²) in [7, 11) is 0. The Hall–Kier alpha value is -2.77. The summed E-state index contributed by atoms with van der Waals surface area (Å²) < 4.78 is 5.63. The van der Waals surface area contributed by atoms with Crippen LogP contribution in [0.15, 0.2) is 48.5 Å². The Bertz CT molecular complexity index is 840. The standard InChI is InChI=1S/C20H23ClN4O3/c1-13(2)28-17-9-7-16(8-10-17)23-20-24(18(26)11-19(27)25(20)22)12-14-3-5-15(21)6-4-14/h3-10,13,20,23H,11-12,22H2,1-2H3. The maximum absolute atomic E-state index is 12.5. The Morgan fingerprint density at radius 1 is 1.11 bits per heavy atom. The van der Waals surface area contributed by atoms with Crippen molar-refractivity contribution in [2.75, 3.05) is 5.32 Å². The van der Waals surface area contributed by atoms with Gasteiger partial charge in [-0.1, -0.05) is 23.7 Å². The number of nitrogens with one attached hydrogen (secondary N) is 1. The molecule has 1 aliphatic rings. The van der Waals surface area contributed by atoms with Crippen LogP contribution in [0.3, 0.4) is 0 Å². The Labute approximate surface area is 169 Å². The van der Waals surface area contributed by atoms with E-state index >= 15 is 0 Å². The van der Waals surface area contributed by atoms with E-state index in [1.807, 2.05) is 50.2 Å². The highest BCUT2D eigenvalue weighted by Gasteiger charge is 2.37. The maximum Gasteiger partial charge on any atom is 0.249 e. The molecule has 3 rings (SSSR count). The Morgan fingerprint density at radius 3 is 2.36 bits per heavy atom. The van der Waals surface area contributed by atoms with E-state index in [1.54, 1.807) is 12.1 Å². The van der Waals surface area contributed by atoms with E-state index in [2.05, 4.69) is 5.32 Å². The molecule has 2 amide bonds. The zero-order valence-corrected chi connectivity index (χ0v) is 16.5. The molecule has 3 N–H and O–H groups in total. The molecule has 2 aromatic rings. The van der Waals surface area contributed by atoms with Gasteiger partial charge in [0.05, 0.1) is 6.10 Å². The number of nitrogens with two attached hydrogens (primary N) is 1. The molecule has 1 aliphatic heterocycles. The molecule has 8 heteroatoms. The molecule has 2 aromatic carbocycles. The zero-order valence-electron chi connectivity index (χ0n) is 15.8. The van der Waals surface area contributed by atoms with E-state index in [0.717, 1.165) is 16.3 Å². The van der Waals surface area contributed by atoms with Crippen LogP contribution < -0.4 is 15.9 Å². The molecule has 0 aliphatic carbocycles. The topological polar surface area (TPSA) is 87.9 Å². The largest absolute Gasteiger partial charge is 0.491 e. The maximum atomic E-state index is 12.5. The zero-order chi connectivity index (χ0) is 20.3. The average molecular weight is 403 g/mol. The van der Waals surface area contributed by atoms with Gasteiger partial charge in [0, 0.05) is 17.3 Å². The predicted molar refractivity (Wildman–Crippen MR) is 107 cm³/mol. The lowest BCUT2D eigenvalue weighted by atomic mass is 10.1. The molecule has 1 fully saturated rings. The van der Waals surface area contributed by atoms with Crippen molar-refractivity contribution in [2.45, 2.75) is 39.2 Å². The summed E-state index contributed by atoms with van der Waals surface area (Å²) in [5.41, 5.74) is 1.59. The normalized spacial score (nSPS) is 17.2. The van der Waals surface area contributed by atoms with E-state index in [-0.39, 0.29) is 18.4 Å². The second-order valence-corrected chi connectivity index (χ2v) is 7.27. The molecule has 0 radical (unpaired) electrons. The van der Waals surface area contributed by atoms with E-state index in [1.165, 1.54) is 4.90 Å². The van der Waals surface area contributed by atoms with Gasteiger partial charge in [-0.15, -0.1) is 0 Å². The fourth-order valence-corrected chi connectivity index (χ4v) is 3.03. The lowest BCUT2D eigenvalue weighted by molar-refractivity contribution is -0.157. The summed E-state index contributed by atoms with van der Waals surface area (Å²) >= 11 is 5.93. The van der Waals surface area contributed by atoms with Gasteiger partial charge in [0.2, 0.25) is 11.8 Å². The van der Waals surface area contributed by atoms with E-state index in [0.29, 0.717) is 17.3 Å². The van der Waals surface area contributed by atoms with Crippen LogP contribution in [0.2, 0.25) is 5.02 Å². The third-order valence-electron chi connectivity index (χ3n) is 4.26. The number of ether oxygens (including phenoxy) is 1. The van der Waals surface area contributed by atoms with Gasteiger partial charge in [-0.2, -0.15) is 0 Å². The van der Waals surface area contributed by atoms with Crippen molar-refractivity contribution in [1.29, 1.82) is 0 Å². The van der Waals surface area contributed by atoms with Gasteiger partial charge >= 0.3 is 0 Å². The van der Waals surface area contributed by atoms with Gasteiger partial charge in [-0.05, 0) is 55.8 Å². The van der Waals surface area contributed by atoms with Gasteiger partial charge in [0.15, 0.2) is 6.29 Å². The molecule has 28 heavy (non-hydrogen) atoms. The number of carbonyl (C=O) groups excluding carboxylic acids is 2. The lowest BCUT2D eigenvalue weighted by Crippen LogP contribution is -2.64. The van der Waals surface area contributed by atoms with Gasteiger partial charge in [0.25, 0.3) is 0 Å².